The molecule has 0 N–H and O–H groups in total. The molecule has 0 bridgehead atoms. The number of rotatable bonds is 6. The summed E-state index contributed by atoms with van der Waals surface area (Å²) in [6, 6.07) is 0. The molecule has 2 atom stereocenters. The molecule has 2 rings (SSSR count). The molecule has 118 valence electrons. The summed E-state index contributed by atoms with van der Waals surface area (Å²) in [6.45, 7) is 12.3. The van der Waals surface area contributed by atoms with Crippen LogP contribution in [-0.2, 0) is 0 Å². The van der Waals surface area contributed by atoms with Gasteiger partial charge in [0.2, 0.25) is 0 Å². The molecule has 20 heavy (non-hydrogen) atoms. The lowest BCUT2D eigenvalue weighted by atomic mass is 9.51. The first-order valence-electron chi connectivity index (χ1n) is 9.42. The van der Waals surface area contributed by atoms with Crippen molar-refractivity contribution in [3.05, 3.63) is 0 Å². The van der Waals surface area contributed by atoms with Crippen molar-refractivity contribution in [3.63, 3.8) is 0 Å². The van der Waals surface area contributed by atoms with Gasteiger partial charge in [-0.3, -0.25) is 0 Å². The predicted molar refractivity (Wildman–Crippen MR) is 89.9 cm³/mol. The Bertz CT molecular complexity index is 287. The topological polar surface area (TPSA) is 0 Å². The van der Waals surface area contributed by atoms with Crippen LogP contribution in [0.5, 0.6) is 0 Å². The van der Waals surface area contributed by atoms with E-state index in [0.29, 0.717) is 5.41 Å². The van der Waals surface area contributed by atoms with E-state index in [1.165, 1.54) is 38.5 Å². The minimum Gasteiger partial charge on any atom is -0.0651 e. The van der Waals surface area contributed by atoms with Crippen LogP contribution in [-0.4, -0.2) is 0 Å². The summed E-state index contributed by atoms with van der Waals surface area (Å²) in [5.41, 5.74) is 1.35. The van der Waals surface area contributed by atoms with Crippen molar-refractivity contribution in [1.29, 1.82) is 0 Å². The Morgan fingerprint density at radius 3 is 2.10 bits per heavy atom. The molecule has 0 heterocycles. The molecular formula is C20H38. The molecule has 2 unspecified atom stereocenters. The Labute approximate surface area is 128 Å². The lowest BCUT2D eigenvalue weighted by Crippen LogP contribution is -2.43. The lowest BCUT2D eigenvalue weighted by molar-refractivity contribution is -0.0310. The predicted octanol–water partition coefficient (Wildman–Crippen LogP) is 6.84. The second kappa shape index (κ2) is 6.41. The third-order valence-electron chi connectivity index (χ3n) is 7.23. The van der Waals surface area contributed by atoms with Crippen LogP contribution < -0.4 is 0 Å². The maximum Gasteiger partial charge on any atom is -0.0292 e. The Balaban J connectivity index is 1.87. The van der Waals surface area contributed by atoms with Crippen molar-refractivity contribution in [2.75, 3.05) is 0 Å². The molecule has 0 nitrogen and oxygen atoms in total. The maximum absolute atomic E-state index is 2.51. The fourth-order valence-electron chi connectivity index (χ4n) is 5.17. The molecule has 2 fully saturated rings. The molecule has 0 aromatic heterocycles. The van der Waals surface area contributed by atoms with Gasteiger partial charge in [-0.2, -0.15) is 0 Å². The van der Waals surface area contributed by atoms with Crippen LogP contribution >= 0.6 is 0 Å². The van der Waals surface area contributed by atoms with E-state index >= 15 is 0 Å². The van der Waals surface area contributed by atoms with Crippen LogP contribution in [0.3, 0.4) is 0 Å². The summed E-state index contributed by atoms with van der Waals surface area (Å²) in [6.07, 6.45) is 15.0. The smallest absolute Gasteiger partial charge is 0.0292 e. The molecule has 0 aromatic carbocycles. The van der Waals surface area contributed by atoms with Crippen LogP contribution in [0, 0.1) is 28.6 Å². The van der Waals surface area contributed by atoms with E-state index < -0.39 is 0 Å². The van der Waals surface area contributed by atoms with Crippen LogP contribution in [0.4, 0.5) is 0 Å². The molecule has 2 saturated carbocycles. The molecule has 2 aliphatic rings. The summed E-state index contributed by atoms with van der Waals surface area (Å²) in [5, 5.41) is 0. The largest absolute Gasteiger partial charge is 0.0651 e. The first-order valence-corrected chi connectivity index (χ1v) is 9.42. The third kappa shape index (κ3) is 3.42. The van der Waals surface area contributed by atoms with E-state index in [4.69, 9.17) is 0 Å². The van der Waals surface area contributed by atoms with Gasteiger partial charge in [0, 0.05) is 0 Å². The Hall–Kier alpha value is 0. The van der Waals surface area contributed by atoms with Gasteiger partial charge in [-0.05, 0) is 60.7 Å². The zero-order valence-corrected chi connectivity index (χ0v) is 14.8. The van der Waals surface area contributed by atoms with Crippen molar-refractivity contribution in [3.8, 4) is 0 Å². The zero-order chi connectivity index (χ0) is 14.8. The third-order valence-corrected chi connectivity index (χ3v) is 7.23. The fourth-order valence-corrected chi connectivity index (χ4v) is 5.17. The second-order valence-electron chi connectivity index (χ2n) is 8.90. The van der Waals surface area contributed by atoms with Gasteiger partial charge in [0.05, 0.1) is 0 Å². The Kier molecular flexibility index (Phi) is 5.24. The highest BCUT2D eigenvalue weighted by molar-refractivity contribution is 4.98. The highest BCUT2D eigenvalue weighted by Gasteiger charge is 2.47. The van der Waals surface area contributed by atoms with Crippen molar-refractivity contribution < 1.29 is 0 Å². The van der Waals surface area contributed by atoms with Crippen LogP contribution in [0.2, 0.25) is 0 Å². The minimum atomic E-state index is 0.532. The summed E-state index contributed by atoms with van der Waals surface area (Å²) in [7, 11) is 0. The molecular weight excluding hydrogens is 240 g/mol. The molecule has 0 saturated heterocycles. The van der Waals surface area contributed by atoms with Gasteiger partial charge < -0.3 is 0 Å². The molecule has 0 aromatic rings. The van der Waals surface area contributed by atoms with Gasteiger partial charge in [0.1, 0.15) is 0 Å². The average molecular weight is 279 g/mol. The summed E-state index contributed by atoms with van der Waals surface area (Å²) >= 11 is 0. The van der Waals surface area contributed by atoms with E-state index in [2.05, 4.69) is 34.6 Å². The van der Waals surface area contributed by atoms with Crippen molar-refractivity contribution in [2.45, 2.75) is 98.8 Å². The highest BCUT2D eigenvalue weighted by Crippen LogP contribution is 2.58. The van der Waals surface area contributed by atoms with Crippen LogP contribution in [0.15, 0.2) is 0 Å². The van der Waals surface area contributed by atoms with E-state index in [1.54, 1.807) is 25.7 Å². The summed E-state index contributed by atoms with van der Waals surface area (Å²) in [4.78, 5) is 0. The monoisotopic (exact) mass is 278 g/mol. The zero-order valence-electron chi connectivity index (χ0n) is 14.8. The lowest BCUT2D eigenvalue weighted by Gasteiger charge is -2.54. The van der Waals surface area contributed by atoms with Crippen molar-refractivity contribution in [2.24, 2.45) is 28.6 Å². The van der Waals surface area contributed by atoms with E-state index in [1.807, 2.05) is 0 Å². The first-order chi connectivity index (χ1) is 9.42. The van der Waals surface area contributed by atoms with E-state index in [0.717, 1.165) is 23.2 Å². The minimum absolute atomic E-state index is 0.532. The highest BCUT2D eigenvalue weighted by atomic mass is 14.5. The normalized spacial score (nSPS) is 26.2. The van der Waals surface area contributed by atoms with Gasteiger partial charge in [0.15, 0.2) is 0 Å². The standard InChI is InChI=1S/C20H38/c1-6-16(3)19(4,5)13-17(7-2)18-14-20(15-18)11-9-8-10-12-20/h16-18H,6-15H2,1-5H3. The van der Waals surface area contributed by atoms with Crippen LogP contribution in [0.25, 0.3) is 0 Å². The molecule has 0 amide bonds. The Morgan fingerprint density at radius 2 is 1.60 bits per heavy atom. The van der Waals surface area contributed by atoms with Crippen molar-refractivity contribution in [1.82, 2.24) is 0 Å². The fraction of sp³-hybridized carbons (Fsp3) is 1.00. The SMILES string of the molecule is CCC(CC(C)(C)C(C)CC)C1CC2(CCCCC2)C1. The van der Waals surface area contributed by atoms with Crippen molar-refractivity contribution >= 4 is 0 Å². The summed E-state index contributed by atoms with van der Waals surface area (Å²) in [5.74, 6) is 2.91. The number of hydrogen-bond donors (Lipinski definition) is 0. The number of hydrogen-bond acceptors (Lipinski definition) is 0. The molecule has 1 spiro atoms. The molecule has 2 aliphatic carbocycles. The van der Waals surface area contributed by atoms with Gasteiger partial charge in [0.25, 0.3) is 0 Å². The first kappa shape index (κ1) is 16.4. The van der Waals surface area contributed by atoms with Crippen LogP contribution in [0.1, 0.15) is 98.8 Å². The van der Waals surface area contributed by atoms with Gasteiger partial charge >= 0.3 is 0 Å². The molecule has 0 radical (unpaired) electrons. The Morgan fingerprint density at radius 1 is 1.00 bits per heavy atom. The molecule has 0 heteroatoms. The maximum atomic E-state index is 2.51. The van der Waals surface area contributed by atoms with Gasteiger partial charge in [-0.15, -0.1) is 0 Å². The van der Waals surface area contributed by atoms with E-state index in [9.17, 15) is 0 Å². The van der Waals surface area contributed by atoms with Gasteiger partial charge in [-0.25, -0.2) is 0 Å². The average Bonchev–Trinajstić information content (AvgIpc) is 2.42. The quantitative estimate of drug-likeness (QED) is 0.499. The second-order valence-corrected chi connectivity index (χ2v) is 8.90. The molecule has 0 aliphatic heterocycles. The van der Waals surface area contributed by atoms with Gasteiger partial charge in [-0.1, -0.05) is 66.7 Å². The summed E-state index contributed by atoms with van der Waals surface area (Å²) < 4.78 is 0. The van der Waals surface area contributed by atoms with E-state index in [-0.39, 0.29) is 0 Å².